The van der Waals surface area contributed by atoms with Crippen molar-refractivity contribution in [1.82, 2.24) is 0 Å². The quantitative estimate of drug-likeness (QED) is 0.641. The van der Waals surface area contributed by atoms with Crippen molar-refractivity contribution in [2.45, 2.75) is 24.8 Å². The average molecular weight is 256 g/mol. The first-order chi connectivity index (χ1) is 7.93. The van der Waals surface area contributed by atoms with E-state index in [1.54, 1.807) is 12.1 Å². The van der Waals surface area contributed by atoms with Crippen LogP contribution in [0.15, 0.2) is 29.2 Å². The van der Waals surface area contributed by atoms with Crippen molar-refractivity contribution < 1.29 is 9.13 Å². The van der Waals surface area contributed by atoms with Crippen LogP contribution in [-0.2, 0) is 10.8 Å². The van der Waals surface area contributed by atoms with Crippen LogP contribution in [0.25, 0.3) is 0 Å². The highest BCUT2D eigenvalue weighted by Crippen LogP contribution is 2.22. The van der Waals surface area contributed by atoms with Gasteiger partial charge in [0.25, 0.3) is 5.69 Å². The van der Waals surface area contributed by atoms with Crippen LogP contribution in [-0.4, -0.2) is 20.9 Å². The summed E-state index contributed by atoms with van der Waals surface area (Å²) in [6.45, 7) is 3.86. The molecule has 0 spiro atoms. The van der Waals surface area contributed by atoms with Gasteiger partial charge in [0.2, 0.25) is 0 Å². The Morgan fingerprint density at radius 2 is 2.00 bits per heavy atom. The molecule has 0 bridgehead atoms. The molecule has 17 heavy (non-hydrogen) atoms. The lowest BCUT2D eigenvalue weighted by Crippen LogP contribution is -2.32. The van der Waals surface area contributed by atoms with E-state index in [0.29, 0.717) is 0 Å². The lowest BCUT2D eigenvalue weighted by Gasteiger charge is -2.14. The van der Waals surface area contributed by atoms with Crippen molar-refractivity contribution in [1.29, 1.82) is 0 Å². The Bertz CT molecular complexity index is 434. The van der Waals surface area contributed by atoms with Gasteiger partial charge in [0, 0.05) is 17.9 Å². The third-order valence-corrected chi connectivity index (χ3v) is 4.03. The topological polar surface area (TPSA) is 86.2 Å². The highest BCUT2D eigenvalue weighted by Gasteiger charge is 2.20. The van der Waals surface area contributed by atoms with E-state index in [1.165, 1.54) is 12.1 Å². The lowest BCUT2D eigenvalue weighted by molar-refractivity contribution is -0.387. The molecule has 0 saturated carbocycles. The fourth-order valence-corrected chi connectivity index (χ4v) is 2.78. The van der Waals surface area contributed by atoms with Gasteiger partial charge in [0.1, 0.15) is 4.90 Å². The van der Waals surface area contributed by atoms with Crippen LogP contribution in [0.4, 0.5) is 5.69 Å². The number of nitrogens with zero attached hydrogens (tertiary/aromatic N) is 1. The fourth-order valence-electron chi connectivity index (χ4n) is 1.26. The average Bonchev–Trinajstić information content (AvgIpc) is 2.28. The molecule has 0 saturated heterocycles. The predicted octanol–water partition coefficient (Wildman–Crippen LogP) is 1.69. The smallest absolute Gasteiger partial charge is 0.285 e. The zero-order chi connectivity index (χ0) is 13.0. The maximum absolute atomic E-state index is 12.0. The van der Waals surface area contributed by atoms with E-state index in [9.17, 15) is 14.3 Å². The summed E-state index contributed by atoms with van der Waals surface area (Å²) >= 11 is 0. The van der Waals surface area contributed by atoms with Crippen LogP contribution in [0.5, 0.6) is 0 Å². The molecule has 0 aromatic heterocycles. The summed E-state index contributed by atoms with van der Waals surface area (Å²) in [5, 5.41) is 10.8. The van der Waals surface area contributed by atoms with E-state index in [4.69, 9.17) is 5.73 Å². The molecule has 2 unspecified atom stereocenters. The van der Waals surface area contributed by atoms with Crippen LogP contribution >= 0.6 is 0 Å². The van der Waals surface area contributed by atoms with Crippen molar-refractivity contribution in [3.05, 3.63) is 34.4 Å². The molecule has 1 rings (SSSR count). The van der Waals surface area contributed by atoms with Crippen molar-refractivity contribution >= 4 is 16.5 Å². The van der Waals surface area contributed by atoms with Crippen LogP contribution in [0.3, 0.4) is 0 Å². The van der Waals surface area contributed by atoms with Gasteiger partial charge in [0.15, 0.2) is 0 Å². The third-order valence-electron chi connectivity index (χ3n) is 2.51. The minimum Gasteiger partial charge on any atom is -0.327 e. The Kier molecular flexibility index (Phi) is 4.77. The number of hydrogen-bond acceptors (Lipinski definition) is 4. The van der Waals surface area contributed by atoms with Crippen molar-refractivity contribution in [2.24, 2.45) is 11.7 Å². The van der Waals surface area contributed by atoms with Gasteiger partial charge in [-0.1, -0.05) is 26.0 Å². The first-order valence-electron chi connectivity index (χ1n) is 5.31. The number of para-hydroxylation sites is 1. The number of hydrogen-bond donors (Lipinski definition) is 1. The molecule has 0 fully saturated rings. The SMILES string of the molecule is CC(C)C(N)CS(=O)c1ccccc1[N+](=O)[O-]. The Morgan fingerprint density at radius 1 is 1.41 bits per heavy atom. The molecule has 5 nitrogen and oxygen atoms in total. The summed E-state index contributed by atoms with van der Waals surface area (Å²) in [7, 11) is -1.43. The Hall–Kier alpha value is -1.27. The molecule has 1 aromatic carbocycles. The van der Waals surface area contributed by atoms with Gasteiger partial charge in [-0.3, -0.25) is 14.3 Å². The first kappa shape index (κ1) is 13.8. The summed E-state index contributed by atoms with van der Waals surface area (Å²) in [6.07, 6.45) is 0. The molecule has 0 heterocycles. The molecule has 0 aliphatic rings. The number of nitro groups is 1. The molecule has 0 aliphatic carbocycles. The Balaban J connectivity index is 2.93. The number of nitro benzene ring substituents is 1. The van der Waals surface area contributed by atoms with Gasteiger partial charge < -0.3 is 5.73 Å². The summed E-state index contributed by atoms with van der Waals surface area (Å²) in [4.78, 5) is 10.5. The molecule has 2 N–H and O–H groups in total. The summed E-state index contributed by atoms with van der Waals surface area (Å²) in [5.41, 5.74) is 5.71. The first-order valence-corrected chi connectivity index (χ1v) is 6.62. The molecule has 0 amide bonds. The maximum Gasteiger partial charge on any atom is 0.285 e. The van der Waals surface area contributed by atoms with E-state index in [-0.39, 0.29) is 28.3 Å². The highest BCUT2D eigenvalue weighted by molar-refractivity contribution is 7.85. The summed E-state index contributed by atoms with van der Waals surface area (Å²) in [5.74, 6) is 0.435. The van der Waals surface area contributed by atoms with Gasteiger partial charge >= 0.3 is 0 Å². The third kappa shape index (κ3) is 3.61. The van der Waals surface area contributed by atoms with E-state index >= 15 is 0 Å². The van der Waals surface area contributed by atoms with Crippen LogP contribution in [0, 0.1) is 16.0 Å². The number of nitrogens with two attached hydrogens (primary N) is 1. The molecule has 0 radical (unpaired) electrons. The van der Waals surface area contributed by atoms with Gasteiger partial charge in [0.05, 0.1) is 15.7 Å². The highest BCUT2D eigenvalue weighted by atomic mass is 32.2. The fraction of sp³-hybridized carbons (Fsp3) is 0.455. The Morgan fingerprint density at radius 3 is 2.53 bits per heavy atom. The van der Waals surface area contributed by atoms with E-state index in [2.05, 4.69) is 0 Å². The van der Waals surface area contributed by atoms with Crippen LogP contribution < -0.4 is 5.73 Å². The molecule has 0 aliphatic heterocycles. The minimum atomic E-state index is -1.43. The second kappa shape index (κ2) is 5.88. The molecular formula is C11H16N2O3S. The molecule has 2 atom stereocenters. The number of rotatable bonds is 5. The molecule has 94 valence electrons. The summed E-state index contributed by atoms with van der Waals surface area (Å²) < 4.78 is 12.0. The second-order valence-electron chi connectivity index (χ2n) is 4.14. The second-order valence-corrected chi connectivity index (χ2v) is 5.61. The summed E-state index contributed by atoms with van der Waals surface area (Å²) in [6, 6.07) is 5.84. The molecule has 1 aromatic rings. The maximum atomic E-state index is 12.0. The van der Waals surface area contributed by atoms with Crippen LogP contribution in [0.2, 0.25) is 0 Å². The zero-order valence-electron chi connectivity index (χ0n) is 9.83. The Labute approximate surface area is 103 Å². The van der Waals surface area contributed by atoms with Gasteiger partial charge in [-0.15, -0.1) is 0 Å². The largest absolute Gasteiger partial charge is 0.327 e. The van der Waals surface area contributed by atoms with Gasteiger partial charge in [-0.25, -0.2) is 0 Å². The van der Waals surface area contributed by atoms with Gasteiger partial charge in [-0.05, 0) is 12.0 Å². The zero-order valence-corrected chi connectivity index (χ0v) is 10.6. The van der Waals surface area contributed by atoms with E-state index in [0.717, 1.165) is 0 Å². The number of benzene rings is 1. The van der Waals surface area contributed by atoms with Crippen molar-refractivity contribution in [2.75, 3.05) is 5.75 Å². The monoisotopic (exact) mass is 256 g/mol. The predicted molar refractivity (Wildman–Crippen MR) is 67.2 cm³/mol. The normalized spacial score (nSPS) is 14.6. The standard InChI is InChI=1S/C11H16N2O3S/c1-8(2)9(12)7-17(16)11-6-4-3-5-10(11)13(14)15/h3-6,8-9H,7,12H2,1-2H3. The lowest BCUT2D eigenvalue weighted by atomic mass is 10.1. The van der Waals surface area contributed by atoms with Crippen LogP contribution in [0.1, 0.15) is 13.8 Å². The van der Waals surface area contributed by atoms with E-state index in [1.807, 2.05) is 13.8 Å². The minimum absolute atomic E-state index is 0.109. The van der Waals surface area contributed by atoms with E-state index < -0.39 is 15.7 Å². The van der Waals surface area contributed by atoms with Crippen molar-refractivity contribution in [3.63, 3.8) is 0 Å². The van der Waals surface area contributed by atoms with Crippen molar-refractivity contribution in [3.8, 4) is 0 Å². The van der Waals surface area contributed by atoms with Gasteiger partial charge in [-0.2, -0.15) is 0 Å². The molecule has 6 heteroatoms. The molecular weight excluding hydrogens is 240 g/mol.